The van der Waals surface area contributed by atoms with Crippen LogP contribution in [0.5, 0.6) is 0 Å². The van der Waals surface area contributed by atoms with Crippen LogP contribution in [0.2, 0.25) is 0 Å². The fraction of sp³-hybridized carbons (Fsp3) is 0.562. The Labute approximate surface area is 234 Å². The second-order valence-corrected chi connectivity index (χ2v) is 11.0. The molecule has 0 spiro atoms. The third kappa shape index (κ3) is 12.6. The van der Waals surface area contributed by atoms with Crippen molar-refractivity contribution in [3.05, 3.63) is 71.0 Å². The maximum atomic E-state index is 13.2. The van der Waals surface area contributed by atoms with Gasteiger partial charge >= 0.3 is 0 Å². The molecule has 2 aromatic rings. The molecule has 1 saturated carbocycles. The average Bonchev–Trinajstić information content (AvgIpc) is 2.95. The number of hydrogen-bond acceptors (Lipinski definition) is 3. The van der Waals surface area contributed by atoms with Gasteiger partial charge in [0.15, 0.2) is 5.96 Å². The van der Waals surface area contributed by atoms with E-state index in [1.165, 1.54) is 81.9 Å². The van der Waals surface area contributed by atoms with Gasteiger partial charge in [0.1, 0.15) is 5.82 Å². The van der Waals surface area contributed by atoms with Crippen molar-refractivity contribution in [1.82, 2.24) is 10.6 Å². The molecule has 1 fully saturated rings. The second-order valence-electron chi connectivity index (χ2n) is 11.0. The Morgan fingerprint density at radius 1 is 0.846 bits per heavy atom. The Bertz CT molecular complexity index is 983. The van der Waals surface area contributed by atoms with Gasteiger partial charge in [0.2, 0.25) is 5.91 Å². The molecule has 1 aliphatic rings. The number of aliphatic imine (C=N–C) groups is 1. The molecule has 0 radical (unpaired) electrons. The molecule has 0 bridgehead atoms. The lowest BCUT2D eigenvalue weighted by Gasteiger charge is -2.21. The van der Waals surface area contributed by atoms with Crippen LogP contribution in [-0.4, -0.2) is 24.5 Å². The highest BCUT2D eigenvalue weighted by atomic mass is 19.1. The average molecular weight is 538 g/mol. The third-order valence-corrected chi connectivity index (χ3v) is 7.77. The van der Waals surface area contributed by atoms with Crippen LogP contribution in [0.1, 0.15) is 93.7 Å². The lowest BCUT2D eigenvalue weighted by Crippen LogP contribution is -2.43. The number of halogens is 1. The summed E-state index contributed by atoms with van der Waals surface area (Å²) in [7, 11) is 0. The van der Waals surface area contributed by atoms with E-state index in [9.17, 15) is 9.18 Å². The summed E-state index contributed by atoms with van der Waals surface area (Å²) < 4.78 is 13.2. The molecule has 0 saturated heterocycles. The van der Waals surface area contributed by atoms with Crippen LogP contribution >= 0.6 is 0 Å². The third-order valence-electron chi connectivity index (χ3n) is 7.77. The molecule has 7 heteroatoms. The first-order chi connectivity index (χ1) is 19.0. The molecule has 1 aliphatic carbocycles. The van der Waals surface area contributed by atoms with Crippen molar-refractivity contribution in [2.45, 2.75) is 103 Å². The minimum Gasteiger partial charge on any atom is -0.370 e. The van der Waals surface area contributed by atoms with E-state index < -0.39 is 6.04 Å². The Kier molecular flexibility index (Phi) is 13.8. The summed E-state index contributed by atoms with van der Waals surface area (Å²) in [5.41, 5.74) is 14.2. The molecule has 1 atom stereocenters. The molecule has 0 unspecified atom stereocenters. The number of carbonyl (C=O) groups is 1. The lowest BCUT2D eigenvalue weighted by atomic mass is 9.85. The first-order valence-corrected chi connectivity index (χ1v) is 14.9. The Balaban J connectivity index is 1.37. The Morgan fingerprint density at radius 2 is 1.49 bits per heavy atom. The fourth-order valence-corrected chi connectivity index (χ4v) is 5.40. The highest BCUT2D eigenvalue weighted by Gasteiger charge is 2.17. The minimum absolute atomic E-state index is 0.0494. The summed E-state index contributed by atoms with van der Waals surface area (Å²) in [5.74, 6) is 0.700. The van der Waals surface area contributed by atoms with Gasteiger partial charge in [-0.25, -0.2) is 4.39 Å². The van der Waals surface area contributed by atoms with Gasteiger partial charge < -0.3 is 22.1 Å². The van der Waals surface area contributed by atoms with E-state index in [0.29, 0.717) is 32.5 Å². The molecule has 6 nitrogen and oxygen atoms in total. The maximum Gasteiger partial charge on any atom is 0.237 e. The largest absolute Gasteiger partial charge is 0.370 e. The normalized spacial score (nSPS) is 14.6. The molecule has 6 N–H and O–H groups in total. The number of nitrogens with one attached hydrogen (secondary N) is 2. The predicted octanol–water partition coefficient (Wildman–Crippen LogP) is 5.73. The van der Waals surface area contributed by atoms with Crippen LogP contribution in [0.3, 0.4) is 0 Å². The molecule has 214 valence electrons. The van der Waals surface area contributed by atoms with E-state index in [1.54, 1.807) is 12.1 Å². The topological polar surface area (TPSA) is 106 Å². The van der Waals surface area contributed by atoms with Crippen molar-refractivity contribution in [1.29, 1.82) is 0 Å². The number of guanidine groups is 1. The van der Waals surface area contributed by atoms with Gasteiger partial charge in [-0.05, 0) is 60.4 Å². The summed E-state index contributed by atoms with van der Waals surface area (Å²) in [6.07, 6.45) is 16.3. The highest BCUT2D eigenvalue weighted by Crippen LogP contribution is 2.28. The molecule has 0 heterocycles. The highest BCUT2D eigenvalue weighted by molar-refractivity contribution is 5.81. The monoisotopic (exact) mass is 537 g/mol. The van der Waals surface area contributed by atoms with E-state index in [1.807, 2.05) is 0 Å². The number of unbranched alkanes of at least 4 members (excludes halogenated alkanes) is 3. The van der Waals surface area contributed by atoms with Crippen LogP contribution in [-0.2, 0) is 24.3 Å². The van der Waals surface area contributed by atoms with E-state index in [2.05, 4.69) is 39.9 Å². The van der Waals surface area contributed by atoms with Gasteiger partial charge in [-0.15, -0.1) is 0 Å². The van der Waals surface area contributed by atoms with Crippen molar-refractivity contribution in [3.8, 4) is 0 Å². The molecule has 39 heavy (non-hydrogen) atoms. The van der Waals surface area contributed by atoms with Gasteiger partial charge in [0.05, 0.1) is 6.04 Å². The van der Waals surface area contributed by atoms with E-state index >= 15 is 0 Å². The van der Waals surface area contributed by atoms with Gasteiger partial charge in [0.25, 0.3) is 0 Å². The van der Waals surface area contributed by atoms with Gasteiger partial charge in [-0.3, -0.25) is 9.79 Å². The summed E-state index contributed by atoms with van der Waals surface area (Å²) >= 11 is 0. The zero-order valence-electron chi connectivity index (χ0n) is 23.5. The van der Waals surface area contributed by atoms with Crippen molar-refractivity contribution >= 4 is 11.9 Å². The molecule has 0 aromatic heterocycles. The predicted molar refractivity (Wildman–Crippen MR) is 159 cm³/mol. The standard InChI is InChI=1S/C32H48FN5O/c33-29-20-18-28(19-21-29)23-37-30(13-8-22-36-32(34)35)31(39)38-24-27-16-14-26(15-17-27)12-5-2-1-4-9-25-10-6-3-7-11-25/h14-21,25,30,37H,1-13,22-24H2,(H,38,39)(H4,34,35,36)/t30-/m0/s1. The number of amides is 1. The number of benzene rings is 2. The number of nitrogens with zero attached hydrogens (tertiary/aromatic N) is 1. The lowest BCUT2D eigenvalue weighted by molar-refractivity contribution is -0.123. The quantitative estimate of drug-likeness (QED) is 0.118. The SMILES string of the molecule is NC(N)=NCCC[C@H](NCc1ccc(F)cc1)C(=O)NCc1ccc(CCCCCCC2CCCCC2)cc1. The molecular weight excluding hydrogens is 489 g/mol. The van der Waals surface area contributed by atoms with Crippen LogP contribution in [0.25, 0.3) is 0 Å². The van der Waals surface area contributed by atoms with Gasteiger partial charge in [-0.1, -0.05) is 94.2 Å². The number of nitrogens with two attached hydrogens (primary N) is 2. The van der Waals surface area contributed by atoms with Crippen molar-refractivity contribution in [2.24, 2.45) is 22.4 Å². The second kappa shape index (κ2) is 17.6. The zero-order chi connectivity index (χ0) is 27.7. The summed E-state index contributed by atoms with van der Waals surface area (Å²) in [6, 6.07) is 14.5. The molecule has 2 aromatic carbocycles. The van der Waals surface area contributed by atoms with Crippen LogP contribution in [0.4, 0.5) is 4.39 Å². The number of aryl methyl sites for hydroxylation is 1. The van der Waals surface area contributed by atoms with Gasteiger partial charge in [-0.2, -0.15) is 0 Å². The van der Waals surface area contributed by atoms with Gasteiger partial charge in [0, 0.05) is 19.6 Å². The van der Waals surface area contributed by atoms with Crippen molar-refractivity contribution < 1.29 is 9.18 Å². The Hall–Kier alpha value is -2.93. The van der Waals surface area contributed by atoms with Crippen molar-refractivity contribution in [3.63, 3.8) is 0 Å². The minimum atomic E-state index is -0.401. The number of hydrogen-bond donors (Lipinski definition) is 4. The van der Waals surface area contributed by atoms with E-state index in [4.69, 9.17) is 11.5 Å². The maximum absolute atomic E-state index is 13.2. The molecule has 1 amide bonds. The van der Waals surface area contributed by atoms with E-state index in [-0.39, 0.29) is 17.7 Å². The zero-order valence-corrected chi connectivity index (χ0v) is 23.5. The summed E-state index contributed by atoms with van der Waals surface area (Å²) in [6.45, 7) is 1.41. The molecule has 0 aliphatic heterocycles. The first-order valence-electron chi connectivity index (χ1n) is 14.9. The van der Waals surface area contributed by atoms with Crippen LogP contribution < -0.4 is 22.1 Å². The Morgan fingerprint density at radius 3 is 2.21 bits per heavy atom. The summed E-state index contributed by atoms with van der Waals surface area (Å²) in [4.78, 5) is 17.0. The van der Waals surface area contributed by atoms with Crippen molar-refractivity contribution in [2.75, 3.05) is 6.54 Å². The van der Waals surface area contributed by atoms with Crippen LogP contribution in [0, 0.1) is 11.7 Å². The molecular formula is C32H48FN5O. The first kappa shape index (κ1) is 30.6. The smallest absolute Gasteiger partial charge is 0.237 e. The molecule has 3 rings (SSSR count). The summed E-state index contributed by atoms with van der Waals surface area (Å²) in [5, 5.41) is 6.36. The number of carbonyl (C=O) groups excluding carboxylic acids is 1. The fourth-order valence-electron chi connectivity index (χ4n) is 5.40. The van der Waals surface area contributed by atoms with E-state index in [0.717, 1.165) is 23.5 Å². The van der Waals surface area contributed by atoms with Crippen LogP contribution in [0.15, 0.2) is 53.5 Å². The number of rotatable bonds is 17.